The molecule has 2 aromatic rings. The zero-order valence-electron chi connectivity index (χ0n) is 11.5. The lowest BCUT2D eigenvalue weighted by atomic mass is 10.2. The normalized spacial score (nSPS) is 10.8. The molecule has 0 unspecified atom stereocenters. The lowest BCUT2D eigenvalue weighted by molar-refractivity contribution is 0.440. The first-order chi connectivity index (χ1) is 9.56. The molecule has 0 saturated carbocycles. The summed E-state index contributed by atoms with van der Waals surface area (Å²) in [7, 11) is 0. The van der Waals surface area contributed by atoms with Crippen LogP contribution < -0.4 is 10.1 Å². The minimum atomic E-state index is -0.370. The van der Waals surface area contributed by atoms with E-state index in [0.717, 1.165) is 16.6 Å². The van der Waals surface area contributed by atoms with Crippen molar-refractivity contribution in [1.82, 2.24) is 5.32 Å². The van der Waals surface area contributed by atoms with Crippen molar-refractivity contribution >= 4 is 15.9 Å². The molecule has 106 valence electrons. The first kappa shape index (κ1) is 15.0. The van der Waals surface area contributed by atoms with Crippen molar-refractivity contribution in [1.29, 1.82) is 0 Å². The molecule has 0 aliphatic heterocycles. The molecule has 2 nitrogen and oxygen atoms in total. The fourth-order valence-corrected chi connectivity index (χ4v) is 2.21. The van der Waals surface area contributed by atoms with Gasteiger partial charge in [0.05, 0.1) is 4.47 Å². The summed E-state index contributed by atoms with van der Waals surface area (Å²) in [4.78, 5) is 0. The van der Waals surface area contributed by atoms with Gasteiger partial charge >= 0.3 is 0 Å². The van der Waals surface area contributed by atoms with Gasteiger partial charge < -0.3 is 10.1 Å². The van der Waals surface area contributed by atoms with E-state index >= 15 is 0 Å². The average Bonchev–Trinajstić information content (AvgIpc) is 2.41. The number of nitrogens with one attached hydrogen (secondary N) is 1. The molecule has 0 fully saturated rings. The minimum Gasteiger partial charge on any atom is -0.453 e. The fourth-order valence-electron chi connectivity index (χ4n) is 1.71. The molecule has 1 N–H and O–H groups in total. The van der Waals surface area contributed by atoms with Gasteiger partial charge in [-0.1, -0.05) is 32.0 Å². The van der Waals surface area contributed by atoms with E-state index in [4.69, 9.17) is 4.74 Å². The molecule has 0 atom stereocenters. The van der Waals surface area contributed by atoms with Gasteiger partial charge in [-0.05, 0) is 45.8 Å². The Labute approximate surface area is 127 Å². The van der Waals surface area contributed by atoms with Crippen LogP contribution in [-0.2, 0) is 6.54 Å². The van der Waals surface area contributed by atoms with Crippen molar-refractivity contribution in [3.63, 3.8) is 0 Å². The summed E-state index contributed by atoms with van der Waals surface area (Å²) in [5.74, 6) is 0.453. The van der Waals surface area contributed by atoms with Gasteiger partial charge in [0, 0.05) is 12.6 Å². The second-order valence-corrected chi connectivity index (χ2v) is 5.69. The van der Waals surface area contributed by atoms with Crippen LogP contribution in [0.5, 0.6) is 11.5 Å². The van der Waals surface area contributed by atoms with Crippen molar-refractivity contribution in [2.24, 2.45) is 0 Å². The quantitative estimate of drug-likeness (QED) is 0.839. The molecule has 0 aromatic heterocycles. The van der Waals surface area contributed by atoms with Gasteiger partial charge in [-0.2, -0.15) is 0 Å². The van der Waals surface area contributed by atoms with Crippen LogP contribution in [-0.4, -0.2) is 6.04 Å². The Balaban J connectivity index is 2.12. The monoisotopic (exact) mass is 337 g/mol. The molecular formula is C16H17BrFNO. The van der Waals surface area contributed by atoms with E-state index in [1.165, 1.54) is 6.07 Å². The maximum Gasteiger partial charge on any atom is 0.165 e. The van der Waals surface area contributed by atoms with Gasteiger partial charge in [-0.25, -0.2) is 4.39 Å². The Morgan fingerprint density at radius 3 is 2.55 bits per heavy atom. The van der Waals surface area contributed by atoms with Crippen LogP contribution in [0, 0.1) is 5.82 Å². The number of rotatable bonds is 5. The van der Waals surface area contributed by atoms with Crippen LogP contribution in [0.25, 0.3) is 0 Å². The van der Waals surface area contributed by atoms with E-state index in [2.05, 4.69) is 35.1 Å². The predicted octanol–water partition coefficient (Wildman–Crippen LogP) is 4.88. The third kappa shape index (κ3) is 4.05. The van der Waals surface area contributed by atoms with Crippen molar-refractivity contribution in [3.05, 3.63) is 58.3 Å². The van der Waals surface area contributed by atoms with E-state index in [1.807, 2.05) is 18.2 Å². The highest BCUT2D eigenvalue weighted by Crippen LogP contribution is 2.31. The van der Waals surface area contributed by atoms with Crippen molar-refractivity contribution < 1.29 is 9.13 Å². The van der Waals surface area contributed by atoms with Crippen LogP contribution in [0.4, 0.5) is 4.39 Å². The summed E-state index contributed by atoms with van der Waals surface area (Å²) in [5.41, 5.74) is 1.14. The standard InChI is InChI=1S/C16H17BrFNO/c1-11(2)19-10-12-7-8-15(13(17)9-12)20-16-6-4-3-5-14(16)18/h3-9,11,19H,10H2,1-2H3. The van der Waals surface area contributed by atoms with Crippen LogP contribution in [0.1, 0.15) is 19.4 Å². The third-order valence-corrected chi connectivity index (χ3v) is 3.39. The van der Waals surface area contributed by atoms with Crippen LogP contribution in [0.2, 0.25) is 0 Å². The second kappa shape index (κ2) is 6.86. The Morgan fingerprint density at radius 1 is 1.15 bits per heavy atom. The Hall–Kier alpha value is -1.39. The minimum absolute atomic E-state index is 0.223. The Morgan fingerprint density at radius 2 is 1.90 bits per heavy atom. The summed E-state index contributed by atoms with van der Waals surface area (Å²) in [6.07, 6.45) is 0. The smallest absolute Gasteiger partial charge is 0.165 e. The molecule has 0 bridgehead atoms. The molecule has 0 radical (unpaired) electrons. The first-order valence-electron chi connectivity index (χ1n) is 6.50. The summed E-state index contributed by atoms with van der Waals surface area (Å²) >= 11 is 3.46. The molecule has 0 aliphatic carbocycles. The van der Waals surface area contributed by atoms with Gasteiger partial charge in [-0.15, -0.1) is 0 Å². The van der Waals surface area contributed by atoms with Crippen molar-refractivity contribution in [3.8, 4) is 11.5 Å². The molecule has 0 aliphatic rings. The zero-order chi connectivity index (χ0) is 14.5. The second-order valence-electron chi connectivity index (χ2n) is 4.83. The third-order valence-electron chi connectivity index (χ3n) is 2.77. The molecule has 20 heavy (non-hydrogen) atoms. The highest BCUT2D eigenvalue weighted by Gasteiger charge is 2.07. The largest absolute Gasteiger partial charge is 0.453 e. The molecule has 4 heteroatoms. The number of ether oxygens (including phenoxy) is 1. The SMILES string of the molecule is CC(C)NCc1ccc(Oc2ccccc2F)c(Br)c1. The summed E-state index contributed by atoms with van der Waals surface area (Å²) < 4.78 is 19.9. The van der Waals surface area contributed by atoms with E-state index < -0.39 is 0 Å². The van der Waals surface area contributed by atoms with Gasteiger partial charge in [0.1, 0.15) is 5.75 Å². The van der Waals surface area contributed by atoms with Gasteiger partial charge in [0.2, 0.25) is 0 Å². The van der Waals surface area contributed by atoms with Gasteiger partial charge in [0.15, 0.2) is 11.6 Å². The average molecular weight is 338 g/mol. The summed E-state index contributed by atoms with van der Waals surface area (Å²) in [5, 5.41) is 3.35. The number of hydrogen-bond acceptors (Lipinski definition) is 2. The number of para-hydroxylation sites is 1. The van der Waals surface area contributed by atoms with E-state index in [1.54, 1.807) is 18.2 Å². The van der Waals surface area contributed by atoms with E-state index in [-0.39, 0.29) is 11.6 Å². The predicted molar refractivity (Wildman–Crippen MR) is 82.6 cm³/mol. The maximum atomic E-state index is 13.5. The van der Waals surface area contributed by atoms with Gasteiger partial charge in [-0.3, -0.25) is 0 Å². The number of hydrogen-bond donors (Lipinski definition) is 1. The molecule has 0 amide bonds. The highest BCUT2D eigenvalue weighted by atomic mass is 79.9. The molecular weight excluding hydrogens is 321 g/mol. The molecule has 0 heterocycles. The van der Waals surface area contributed by atoms with E-state index in [9.17, 15) is 4.39 Å². The van der Waals surface area contributed by atoms with Crippen LogP contribution in [0.15, 0.2) is 46.9 Å². The number of benzene rings is 2. The molecule has 2 rings (SSSR count). The molecule has 0 saturated heterocycles. The highest BCUT2D eigenvalue weighted by molar-refractivity contribution is 9.10. The van der Waals surface area contributed by atoms with Crippen LogP contribution >= 0.6 is 15.9 Å². The summed E-state index contributed by atoms with van der Waals surface area (Å²) in [6, 6.07) is 12.6. The Kier molecular flexibility index (Phi) is 5.15. The van der Waals surface area contributed by atoms with E-state index in [0.29, 0.717) is 11.8 Å². The molecule has 0 spiro atoms. The Bertz CT molecular complexity index is 586. The number of halogens is 2. The van der Waals surface area contributed by atoms with Crippen LogP contribution in [0.3, 0.4) is 0 Å². The van der Waals surface area contributed by atoms with Crippen molar-refractivity contribution in [2.75, 3.05) is 0 Å². The molecule has 2 aromatic carbocycles. The maximum absolute atomic E-state index is 13.5. The summed E-state index contributed by atoms with van der Waals surface area (Å²) in [6.45, 7) is 4.99. The fraction of sp³-hybridized carbons (Fsp3) is 0.250. The lowest BCUT2D eigenvalue weighted by Crippen LogP contribution is -2.21. The lowest BCUT2D eigenvalue weighted by Gasteiger charge is -2.11. The van der Waals surface area contributed by atoms with Gasteiger partial charge in [0.25, 0.3) is 0 Å². The zero-order valence-corrected chi connectivity index (χ0v) is 13.1. The topological polar surface area (TPSA) is 21.3 Å². The first-order valence-corrected chi connectivity index (χ1v) is 7.30. The van der Waals surface area contributed by atoms with Crippen molar-refractivity contribution in [2.45, 2.75) is 26.4 Å².